The third-order valence-electron chi connectivity index (χ3n) is 2.00. The fourth-order valence-corrected chi connectivity index (χ4v) is 1.37. The van der Waals surface area contributed by atoms with E-state index in [-0.39, 0.29) is 17.9 Å². The molecule has 0 aliphatic carbocycles. The molecule has 0 spiro atoms. The molecule has 2 N–H and O–H groups in total. The molecular weight excluding hydrogens is 228 g/mol. The molecule has 0 atom stereocenters. The highest BCUT2D eigenvalue weighted by molar-refractivity contribution is 5.90. The van der Waals surface area contributed by atoms with E-state index in [0.29, 0.717) is 17.9 Å². The number of pyridine rings is 1. The van der Waals surface area contributed by atoms with Crippen LogP contribution in [0.3, 0.4) is 0 Å². The van der Waals surface area contributed by atoms with Crippen LogP contribution in [0.4, 0.5) is 5.82 Å². The lowest BCUT2D eigenvalue weighted by molar-refractivity contribution is -0.117. The zero-order chi connectivity index (χ0) is 13.6. The molecule has 1 aromatic heterocycles. The maximum Gasteiger partial charge on any atom is 0.226 e. The van der Waals surface area contributed by atoms with Crippen LogP contribution < -0.4 is 5.32 Å². The fraction of sp³-hybridized carbons (Fsp3) is 0.429. The Morgan fingerprint density at radius 3 is 2.78 bits per heavy atom. The van der Waals surface area contributed by atoms with Gasteiger partial charge in [0.15, 0.2) is 0 Å². The molecule has 0 aliphatic rings. The first kappa shape index (κ1) is 14.2. The predicted octanol–water partition coefficient (Wildman–Crippen LogP) is 1.80. The highest BCUT2D eigenvalue weighted by Gasteiger charge is 2.16. The van der Waals surface area contributed by atoms with Gasteiger partial charge in [-0.15, -0.1) is 0 Å². The number of hydrogen-bond donors (Lipinski definition) is 2. The Balaban J connectivity index is 2.70. The van der Waals surface area contributed by atoms with Gasteiger partial charge < -0.3 is 10.4 Å². The van der Waals surface area contributed by atoms with Crippen molar-refractivity contribution in [2.75, 3.05) is 11.9 Å². The zero-order valence-electron chi connectivity index (χ0n) is 10.9. The molecule has 1 heterocycles. The van der Waals surface area contributed by atoms with E-state index in [1.54, 1.807) is 18.2 Å². The van der Waals surface area contributed by atoms with Crippen LogP contribution in [0.15, 0.2) is 18.2 Å². The Morgan fingerprint density at radius 1 is 1.44 bits per heavy atom. The van der Waals surface area contributed by atoms with E-state index < -0.39 is 0 Å². The summed E-state index contributed by atoms with van der Waals surface area (Å²) in [7, 11) is 0. The number of anilines is 1. The molecule has 0 aromatic carbocycles. The van der Waals surface area contributed by atoms with Gasteiger partial charge in [-0.25, -0.2) is 4.98 Å². The third-order valence-corrected chi connectivity index (χ3v) is 2.00. The Hall–Kier alpha value is -1.86. The third kappa shape index (κ3) is 5.46. The van der Waals surface area contributed by atoms with Gasteiger partial charge in [-0.1, -0.05) is 32.8 Å². The molecule has 0 fully saturated rings. The van der Waals surface area contributed by atoms with Crippen LogP contribution in [0, 0.1) is 17.3 Å². The predicted molar refractivity (Wildman–Crippen MR) is 70.9 cm³/mol. The minimum Gasteiger partial charge on any atom is -0.384 e. The van der Waals surface area contributed by atoms with E-state index in [9.17, 15) is 4.79 Å². The van der Waals surface area contributed by atoms with Crippen LogP contribution in [-0.2, 0) is 4.79 Å². The van der Waals surface area contributed by atoms with Gasteiger partial charge >= 0.3 is 0 Å². The van der Waals surface area contributed by atoms with E-state index in [1.807, 2.05) is 20.8 Å². The minimum absolute atomic E-state index is 0.0572. The first-order chi connectivity index (χ1) is 8.40. The molecule has 1 amide bonds. The second kappa shape index (κ2) is 6.18. The molecule has 1 aromatic rings. The maximum absolute atomic E-state index is 11.7. The summed E-state index contributed by atoms with van der Waals surface area (Å²) in [6, 6.07) is 5.20. The van der Waals surface area contributed by atoms with Gasteiger partial charge in [0.05, 0.1) is 0 Å². The van der Waals surface area contributed by atoms with Gasteiger partial charge in [-0.2, -0.15) is 0 Å². The number of amides is 1. The zero-order valence-corrected chi connectivity index (χ0v) is 10.9. The summed E-state index contributed by atoms with van der Waals surface area (Å²) in [5.74, 6) is 5.62. The van der Waals surface area contributed by atoms with Crippen LogP contribution in [0.25, 0.3) is 0 Å². The number of rotatable bonds is 2. The smallest absolute Gasteiger partial charge is 0.226 e. The van der Waals surface area contributed by atoms with Gasteiger partial charge in [-0.05, 0) is 23.5 Å². The van der Waals surface area contributed by atoms with E-state index >= 15 is 0 Å². The number of carbonyl (C=O) groups excluding carboxylic acids is 1. The molecule has 0 aliphatic heterocycles. The highest BCUT2D eigenvalue weighted by Crippen LogP contribution is 2.19. The van der Waals surface area contributed by atoms with E-state index in [1.165, 1.54) is 0 Å². The summed E-state index contributed by atoms with van der Waals surface area (Å²) in [5, 5.41) is 11.3. The summed E-state index contributed by atoms with van der Waals surface area (Å²) >= 11 is 0. The molecule has 96 valence electrons. The monoisotopic (exact) mass is 246 g/mol. The second-order valence-corrected chi connectivity index (χ2v) is 5.15. The van der Waals surface area contributed by atoms with Crippen molar-refractivity contribution in [2.24, 2.45) is 5.41 Å². The molecule has 1 rings (SSSR count). The summed E-state index contributed by atoms with van der Waals surface area (Å²) in [6.45, 7) is 5.80. The highest BCUT2D eigenvalue weighted by atomic mass is 16.2. The summed E-state index contributed by atoms with van der Waals surface area (Å²) in [6.07, 6.45) is 0.432. The van der Waals surface area contributed by atoms with Crippen LogP contribution in [0.5, 0.6) is 0 Å². The van der Waals surface area contributed by atoms with Crippen LogP contribution in [0.2, 0.25) is 0 Å². The second-order valence-electron chi connectivity index (χ2n) is 5.15. The van der Waals surface area contributed by atoms with Crippen LogP contribution >= 0.6 is 0 Å². The van der Waals surface area contributed by atoms with Gasteiger partial charge in [0.2, 0.25) is 5.91 Å². The average Bonchev–Trinajstić information content (AvgIpc) is 2.24. The molecule has 4 nitrogen and oxygen atoms in total. The first-order valence-corrected chi connectivity index (χ1v) is 5.77. The van der Waals surface area contributed by atoms with E-state index in [2.05, 4.69) is 22.1 Å². The number of nitrogens with zero attached hydrogens (tertiary/aromatic N) is 1. The summed E-state index contributed by atoms with van der Waals surface area (Å²) in [5.41, 5.74) is 0.468. The van der Waals surface area contributed by atoms with Crippen molar-refractivity contribution in [3.05, 3.63) is 23.9 Å². The molecule has 0 unspecified atom stereocenters. The molecular formula is C14H18N2O2. The maximum atomic E-state index is 11.7. The summed E-state index contributed by atoms with van der Waals surface area (Å²) in [4.78, 5) is 15.9. The van der Waals surface area contributed by atoms with Crippen LogP contribution in [0.1, 0.15) is 32.9 Å². The normalized spacial score (nSPS) is 10.4. The lowest BCUT2D eigenvalue weighted by Crippen LogP contribution is -2.20. The van der Waals surface area contributed by atoms with E-state index in [4.69, 9.17) is 5.11 Å². The largest absolute Gasteiger partial charge is 0.384 e. The van der Waals surface area contributed by atoms with Gasteiger partial charge in [0.1, 0.15) is 18.1 Å². The minimum atomic E-state index is -0.206. The molecule has 4 heteroatoms. The molecule has 18 heavy (non-hydrogen) atoms. The van der Waals surface area contributed by atoms with Crippen molar-refractivity contribution in [3.63, 3.8) is 0 Å². The quantitative estimate of drug-likeness (QED) is 0.782. The number of aromatic nitrogens is 1. The van der Waals surface area contributed by atoms with Gasteiger partial charge in [0.25, 0.3) is 0 Å². The number of aliphatic hydroxyl groups is 1. The van der Waals surface area contributed by atoms with Crippen molar-refractivity contribution < 1.29 is 9.90 Å². The van der Waals surface area contributed by atoms with Crippen molar-refractivity contribution in [1.29, 1.82) is 0 Å². The number of aliphatic hydroxyl groups excluding tert-OH is 1. The van der Waals surface area contributed by atoms with Crippen molar-refractivity contribution in [2.45, 2.75) is 27.2 Å². The van der Waals surface area contributed by atoms with Gasteiger partial charge in [0, 0.05) is 6.42 Å². The van der Waals surface area contributed by atoms with Crippen molar-refractivity contribution in [1.82, 2.24) is 4.98 Å². The Labute approximate surface area is 107 Å². The van der Waals surface area contributed by atoms with Crippen molar-refractivity contribution >= 4 is 11.7 Å². The standard InChI is InChI=1S/C14H18N2O2/c1-14(2,3)10-13(18)16-12-8-4-6-11(15-12)7-5-9-17/h4,6,8,17H,9-10H2,1-3H3,(H,15,16,18). The lowest BCUT2D eigenvalue weighted by atomic mass is 9.92. The number of nitrogens with one attached hydrogen (secondary N) is 1. The Kier molecular flexibility index (Phi) is 4.87. The number of hydrogen-bond acceptors (Lipinski definition) is 3. The number of carbonyl (C=O) groups is 1. The molecule has 0 saturated heterocycles. The van der Waals surface area contributed by atoms with Crippen molar-refractivity contribution in [3.8, 4) is 11.8 Å². The average molecular weight is 246 g/mol. The summed E-state index contributed by atoms with van der Waals surface area (Å²) < 4.78 is 0. The molecule has 0 radical (unpaired) electrons. The first-order valence-electron chi connectivity index (χ1n) is 5.77. The Bertz CT molecular complexity index is 479. The van der Waals surface area contributed by atoms with E-state index in [0.717, 1.165) is 0 Å². The molecule has 0 saturated carbocycles. The lowest BCUT2D eigenvalue weighted by Gasteiger charge is -2.16. The fourth-order valence-electron chi connectivity index (χ4n) is 1.37. The topological polar surface area (TPSA) is 62.2 Å². The SMILES string of the molecule is CC(C)(C)CC(=O)Nc1cccc(C#CCO)n1. The molecule has 0 bridgehead atoms. The van der Waals surface area contributed by atoms with Crippen LogP contribution in [-0.4, -0.2) is 22.6 Å². The Morgan fingerprint density at radius 2 is 2.17 bits per heavy atom. The van der Waals surface area contributed by atoms with Gasteiger partial charge in [-0.3, -0.25) is 4.79 Å².